The van der Waals surface area contributed by atoms with E-state index < -0.39 is 11.7 Å². The second kappa shape index (κ2) is 10.2. The molecule has 0 bridgehead atoms. The van der Waals surface area contributed by atoms with Crippen LogP contribution in [0.4, 0.5) is 0 Å². The Morgan fingerprint density at radius 3 is 1.97 bits per heavy atom. The van der Waals surface area contributed by atoms with Crippen molar-refractivity contribution in [3.8, 4) is 0 Å². The van der Waals surface area contributed by atoms with E-state index in [1.165, 1.54) is 11.1 Å². The van der Waals surface area contributed by atoms with E-state index in [0.29, 0.717) is 13.2 Å². The molecular weight excluding hydrogens is 360 g/mol. The molecule has 1 aliphatic rings. The number of aliphatic hydroxyl groups is 1. The van der Waals surface area contributed by atoms with E-state index in [1.807, 2.05) is 13.8 Å². The molecule has 156 valence electrons. The first kappa shape index (κ1) is 21.7. The molecule has 1 N–H and O–H groups in total. The van der Waals surface area contributed by atoms with Crippen LogP contribution in [0.25, 0.3) is 0 Å². The molecule has 1 heterocycles. The van der Waals surface area contributed by atoms with Gasteiger partial charge in [0.05, 0.1) is 24.4 Å². The number of piperazine rings is 1. The molecule has 0 radical (unpaired) electrons. The van der Waals surface area contributed by atoms with Crippen molar-refractivity contribution in [1.29, 1.82) is 0 Å². The first-order valence-corrected chi connectivity index (χ1v) is 10.5. The van der Waals surface area contributed by atoms with Gasteiger partial charge in [0.1, 0.15) is 0 Å². The van der Waals surface area contributed by atoms with Crippen LogP contribution in [0.2, 0.25) is 0 Å². The van der Waals surface area contributed by atoms with Crippen LogP contribution in [0.1, 0.15) is 31.0 Å². The van der Waals surface area contributed by atoms with E-state index in [9.17, 15) is 5.11 Å². The van der Waals surface area contributed by atoms with Crippen molar-refractivity contribution >= 4 is 0 Å². The summed E-state index contributed by atoms with van der Waals surface area (Å²) >= 11 is 0. The molecular formula is C25H34N2O2. The van der Waals surface area contributed by atoms with E-state index in [1.54, 1.807) is 6.08 Å². The highest BCUT2D eigenvalue weighted by atomic mass is 16.5. The zero-order valence-electron chi connectivity index (χ0n) is 17.7. The fourth-order valence-electron chi connectivity index (χ4n) is 3.81. The highest BCUT2D eigenvalue weighted by molar-refractivity contribution is 5.31. The largest absolute Gasteiger partial charge is 0.389 e. The van der Waals surface area contributed by atoms with Crippen molar-refractivity contribution in [2.24, 2.45) is 0 Å². The second-order valence-corrected chi connectivity index (χ2v) is 8.33. The predicted octanol–water partition coefficient (Wildman–Crippen LogP) is 3.74. The van der Waals surface area contributed by atoms with Crippen molar-refractivity contribution in [3.63, 3.8) is 0 Å². The van der Waals surface area contributed by atoms with Crippen LogP contribution in [-0.2, 0) is 4.74 Å². The van der Waals surface area contributed by atoms with Crippen LogP contribution in [0, 0.1) is 0 Å². The average Bonchev–Trinajstić information content (AvgIpc) is 2.75. The first-order chi connectivity index (χ1) is 14.0. The maximum atomic E-state index is 10.4. The Hall–Kier alpha value is -1.98. The third kappa shape index (κ3) is 6.25. The third-order valence-corrected chi connectivity index (χ3v) is 5.61. The number of hydrogen-bond acceptors (Lipinski definition) is 4. The lowest BCUT2D eigenvalue weighted by Gasteiger charge is -2.40. The molecule has 0 saturated carbocycles. The van der Waals surface area contributed by atoms with Crippen LogP contribution in [0.5, 0.6) is 0 Å². The molecule has 4 heteroatoms. The molecule has 2 aromatic carbocycles. The predicted molar refractivity (Wildman–Crippen MR) is 119 cm³/mol. The van der Waals surface area contributed by atoms with E-state index >= 15 is 0 Å². The molecule has 0 aromatic heterocycles. The van der Waals surface area contributed by atoms with Gasteiger partial charge in [0, 0.05) is 32.7 Å². The van der Waals surface area contributed by atoms with E-state index in [4.69, 9.17) is 4.74 Å². The lowest BCUT2D eigenvalue weighted by atomic mass is 9.96. The van der Waals surface area contributed by atoms with Crippen molar-refractivity contribution in [1.82, 2.24) is 9.80 Å². The van der Waals surface area contributed by atoms with Crippen LogP contribution in [-0.4, -0.2) is 65.9 Å². The van der Waals surface area contributed by atoms with E-state index in [-0.39, 0.29) is 6.04 Å². The molecule has 0 unspecified atom stereocenters. The molecule has 3 rings (SSSR count). The molecule has 1 aliphatic heterocycles. The highest BCUT2D eigenvalue weighted by Crippen LogP contribution is 2.29. The minimum Gasteiger partial charge on any atom is -0.389 e. The summed E-state index contributed by atoms with van der Waals surface area (Å²) in [6.45, 7) is 12.5. The number of hydrogen-bond donors (Lipinski definition) is 1. The summed E-state index contributed by atoms with van der Waals surface area (Å²) in [5.41, 5.74) is 2.25. The Labute approximate surface area is 175 Å². The quantitative estimate of drug-likeness (QED) is 0.658. The number of benzene rings is 2. The second-order valence-electron chi connectivity index (χ2n) is 8.33. The highest BCUT2D eigenvalue weighted by Gasteiger charge is 2.27. The Balaban J connectivity index is 1.58. The first-order valence-electron chi connectivity index (χ1n) is 10.5. The number of β-amino-alcohol motifs (C(OH)–C–C–N with tert-alkyl or cyclic N) is 1. The Morgan fingerprint density at radius 2 is 1.48 bits per heavy atom. The van der Waals surface area contributed by atoms with Gasteiger partial charge in [-0.05, 0) is 25.0 Å². The van der Waals surface area contributed by atoms with Gasteiger partial charge in [-0.3, -0.25) is 9.80 Å². The maximum absolute atomic E-state index is 10.4. The number of aliphatic hydroxyl groups excluding tert-OH is 1. The van der Waals surface area contributed by atoms with Gasteiger partial charge in [0.2, 0.25) is 0 Å². The zero-order chi connectivity index (χ0) is 20.7. The van der Waals surface area contributed by atoms with Crippen LogP contribution in [0.3, 0.4) is 0 Å². The van der Waals surface area contributed by atoms with Crippen molar-refractivity contribution in [2.75, 3.05) is 39.3 Å². The van der Waals surface area contributed by atoms with Gasteiger partial charge in [0.15, 0.2) is 0 Å². The smallest absolute Gasteiger partial charge is 0.0900 e. The van der Waals surface area contributed by atoms with Gasteiger partial charge >= 0.3 is 0 Å². The van der Waals surface area contributed by atoms with Gasteiger partial charge in [-0.15, -0.1) is 6.58 Å². The average molecular weight is 395 g/mol. The molecule has 1 saturated heterocycles. The van der Waals surface area contributed by atoms with Crippen molar-refractivity contribution in [3.05, 3.63) is 84.4 Å². The van der Waals surface area contributed by atoms with Gasteiger partial charge in [-0.25, -0.2) is 0 Å². The van der Waals surface area contributed by atoms with Gasteiger partial charge in [-0.1, -0.05) is 66.7 Å². The summed E-state index contributed by atoms with van der Waals surface area (Å²) in [4.78, 5) is 4.88. The van der Waals surface area contributed by atoms with E-state index in [0.717, 1.165) is 26.2 Å². The fraction of sp³-hybridized carbons (Fsp3) is 0.440. The summed E-state index contributed by atoms with van der Waals surface area (Å²) in [5.74, 6) is 0. The van der Waals surface area contributed by atoms with Gasteiger partial charge < -0.3 is 9.84 Å². The number of nitrogens with zero attached hydrogens (tertiary/aromatic N) is 2. The Morgan fingerprint density at radius 1 is 0.966 bits per heavy atom. The normalized spacial score (nSPS) is 17.4. The lowest BCUT2D eigenvalue weighted by Crippen LogP contribution is -2.50. The minimum absolute atomic E-state index is 0.265. The summed E-state index contributed by atoms with van der Waals surface area (Å²) in [5, 5.41) is 10.4. The standard InChI is InChI=1S/C25H34N2O2/c1-4-25(2,3)29-20-23(28)19-26-15-17-27(18-16-26)24(21-11-7-5-8-12-21)22-13-9-6-10-14-22/h4-14,23-24,28H,1,15-20H2,2-3H3/t23-/m1/s1. The third-order valence-electron chi connectivity index (χ3n) is 5.61. The van der Waals surface area contributed by atoms with Crippen LogP contribution >= 0.6 is 0 Å². The Bertz CT molecular complexity index is 700. The number of ether oxygens (including phenoxy) is 1. The molecule has 29 heavy (non-hydrogen) atoms. The number of rotatable bonds is 9. The molecule has 0 aliphatic carbocycles. The molecule has 0 amide bonds. The fourth-order valence-corrected chi connectivity index (χ4v) is 3.81. The summed E-state index contributed by atoms with van der Waals surface area (Å²) in [7, 11) is 0. The Kier molecular flexibility index (Phi) is 7.62. The van der Waals surface area contributed by atoms with Crippen molar-refractivity contribution < 1.29 is 9.84 Å². The topological polar surface area (TPSA) is 35.9 Å². The molecule has 4 nitrogen and oxygen atoms in total. The molecule has 0 spiro atoms. The van der Waals surface area contributed by atoms with Gasteiger partial charge in [-0.2, -0.15) is 0 Å². The van der Waals surface area contributed by atoms with Crippen LogP contribution < -0.4 is 0 Å². The maximum Gasteiger partial charge on any atom is 0.0900 e. The van der Waals surface area contributed by atoms with Crippen LogP contribution in [0.15, 0.2) is 73.3 Å². The molecule has 1 fully saturated rings. The molecule has 2 aromatic rings. The lowest BCUT2D eigenvalue weighted by molar-refractivity contribution is -0.0456. The minimum atomic E-state index is -0.486. The monoisotopic (exact) mass is 394 g/mol. The molecule has 1 atom stereocenters. The van der Waals surface area contributed by atoms with Gasteiger partial charge in [0.25, 0.3) is 0 Å². The SMILES string of the molecule is C=CC(C)(C)OC[C@H](O)CN1CCN(C(c2ccccc2)c2ccccc2)CC1. The zero-order valence-corrected chi connectivity index (χ0v) is 17.7. The van der Waals surface area contributed by atoms with Crippen molar-refractivity contribution in [2.45, 2.75) is 31.6 Å². The van der Waals surface area contributed by atoms with E-state index in [2.05, 4.69) is 77.0 Å². The summed E-state index contributed by atoms with van der Waals surface area (Å²) in [6, 6.07) is 21.7. The summed E-state index contributed by atoms with van der Waals surface area (Å²) in [6.07, 6.45) is 1.28. The summed E-state index contributed by atoms with van der Waals surface area (Å²) < 4.78 is 5.75.